The van der Waals surface area contributed by atoms with Crippen LogP contribution in [0.15, 0.2) is 45.7 Å². The summed E-state index contributed by atoms with van der Waals surface area (Å²) in [5.74, 6) is 0. The molecule has 0 N–H and O–H groups in total. The van der Waals surface area contributed by atoms with E-state index in [1.54, 1.807) is 12.1 Å². The van der Waals surface area contributed by atoms with Crippen LogP contribution < -0.4 is 0 Å². The predicted molar refractivity (Wildman–Crippen MR) is 87.8 cm³/mol. The molecular weight excluding hydrogens is 300 g/mol. The van der Waals surface area contributed by atoms with Gasteiger partial charge in [0.1, 0.15) is 0 Å². The minimum absolute atomic E-state index is 0.0171. The van der Waals surface area contributed by atoms with Gasteiger partial charge in [-0.25, -0.2) is 4.21 Å². The highest BCUT2D eigenvalue weighted by molar-refractivity contribution is 7.84. The molecular formula is C16H16N2O3S. The third-order valence-electron chi connectivity index (χ3n) is 3.18. The first-order valence-corrected chi connectivity index (χ1v) is 7.77. The molecule has 0 saturated carbocycles. The van der Waals surface area contributed by atoms with Gasteiger partial charge in [-0.05, 0) is 49.6 Å². The van der Waals surface area contributed by atoms with E-state index < -0.39 is 15.9 Å². The third kappa shape index (κ3) is 3.65. The highest BCUT2D eigenvalue weighted by Crippen LogP contribution is 2.21. The molecule has 6 heteroatoms. The maximum Gasteiger partial charge on any atom is 0.269 e. The molecule has 0 radical (unpaired) electrons. The number of nitrogens with zero attached hydrogens (tertiary/aromatic N) is 2. The minimum atomic E-state index is -1.49. The van der Waals surface area contributed by atoms with Gasteiger partial charge in [0.15, 0.2) is 11.0 Å². The fourth-order valence-electron chi connectivity index (χ4n) is 2.29. The zero-order valence-corrected chi connectivity index (χ0v) is 13.4. The molecule has 0 aromatic heterocycles. The number of non-ortho nitro benzene ring substituents is 1. The monoisotopic (exact) mass is 316 g/mol. The molecule has 2 aromatic rings. The van der Waals surface area contributed by atoms with Gasteiger partial charge in [-0.1, -0.05) is 17.7 Å². The molecule has 2 rings (SSSR count). The molecule has 2 aromatic carbocycles. The van der Waals surface area contributed by atoms with E-state index in [-0.39, 0.29) is 5.69 Å². The lowest BCUT2D eigenvalue weighted by Gasteiger charge is -2.07. The number of nitro benzene ring substituents is 1. The smallest absolute Gasteiger partial charge is 0.258 e. The van der Waals surface area contributed by atoms with Crippen molar-refractivity contribution in [1.82, 2.24) is 0 Å². The quantitative estimate of drug-likeness (QED) is 0.491. The van der Waals surface area contributed by atoms with E-state index in [2.05, 4.69) is 4.40 Å². The third-order valence-corrected chi connectivity index (χ3v) is 4.47. The number of nitro groups is 1. The summed E-state index contributed by atoms with van der Waals surface area (Å²) in [5.41, 5.74) is 3.69. The molecule has 22 heavy (non-hydrogen) atoms. The molecule has 114 valence electrons. The van der Waals surface area contributed by atoms with Gasteiger partial charge in [0.25, 0.3) is 5.69 Å². The van der Waals surface area contributed by atoms with Crippen molar-refractivity contribution in [1.29, 1.82) is 0 Å². The van der Waals surface area contributed by atoms with E-state index >= 15 is 0 Å². The number of hydrogen-bond acceptors (Lipinski definition) is 3. The molecule has 0 saturated heterocycles. The second-order valence-corrected chi connectivity index (χ2v) is 6.18. The topological polar surface area (TPSA) is 72.6 Å². The number of hydrogen-bond donors (Lipinski definition) is 0. The summed E-state index contributed by atoms with van der Waals surface area (Å²) in [5, 5.41) is 10.6. The number of rotatable bonds is 4. The highest BCUT2D eigenvalue weighted by atomic mass is 32.2. The van der Waals surface area contributed by atoms with Gasteiger partial charge in [0.05, 0.1) is 9.82 Å². The maximum absolute atomic E-state index is 12.4. The van der Waals surface area contributed by atoms with E-state index in [1.165, 1.54) is 18.3 Å². The van der Waals surface area contributed by atoms with Crippen LogP contribution in [0.1, 0.15) is 22.3 Å². The van der Waals surface area contributed by atoms with E-state index in [0.29, 0.717) is 10.5 Å². The van der Waals surface area contributed by atoms with Crippen LogP contribution in [0.2, 0.25) is 0 Å². The van der Waals surface area contributed by atoms with Crippen LogP contribution in [0, 0.1) is 30.9 Å². The van der Waals surface area contributed by atoms with Crippen molar-refractivity contribution in [2.45, 2.75) is 25.7 Å². The van der Waals surface area contributed by atoms with Crippen LogP contribution in [0.3, 0.4) is 0 Å². The fourth-order valence-corrected chi connectivity index (χ4v) is 3.28. The summed E-state index contributed by atoms with van der Waals surface area (Å²) in [6.07, 6.45) is 1.47. The Bertz CT molecular complexity index is 744. The van der Waals surface area contributed by atoms with Crippen LogP contribution >= 0.6 is 0 Å². The largest absolute Gasteiger partial charge is 0.269 e. The minimum Gasteiger partial charge on any atom is -0.258 e. The van der Waals surface area contributed by atoms with E-state index in [9.17, 15) is 14.3 Å². The zero-order valence-electron chi connectivity index (χ0n) is 12.6. The summed E-state index contributed by atoms with van der Waals surface area (Å²) in [6, 6.07) is 9.89. The Labute approximate surface area is 131 Å². The lowest BCUT2D eigenvalue weighted by atomic mass is 10.1. The predicted octanol–water partition coefficient (Wildman–Crippen LogP) is 3.66. The molecule has 0 fully saturated rings. The van der Waals surface area contributed by atoms with Gasteiger partial charge in [-0.2, -0.15) is 4.40 Å². The second-order valence-electron chi connectivity index (χ2n) is 5.06. The Kier molecular flexibility index (Phi) is 4.82. The van der Waals surface area contributed by atoms with E-state index in [4.69, 9.17) is 0 Å². The van der Waals surface area contributed by atoms with Crippen LogP contribution in [0.25, 0.3) is 0 Å². The number of aryl methyl sites for hydroxylation is 3. The van der Waals surface area contributed by atoms with Crippen molar-refractivity contribution in [2.75, 3.05) is 0 Å². The van der Waals surface area contributed by atoms with Gasteiger partial charge >= 0.3 is 0 Å². The van der Waals surface area contributed by atoms with Crippen molar-refractivity contribution in [3.05, 3.63) is 68.8 Å². The van der Waals surface area contributed by atoms with Crippen LogP contribution in [-0.4, -0.2) is 15.3 Å². The van der Waals surface area contributed by atoms with Crippen LogP contribution in [-0.2, 0) is 11.0 Å². The van der Waals surface area contributed by atoms with Crippen molar-refractivity contribution >= 4 is 22.9 Å². The van der Waals surface area contributed by atoms with Crippen molar-refractivity contribution in [2.24, 2.45) is 4.40 Å². The lowest BCUT2D eigenvalue weighted by Crippen LogP contribution is -1.97. The zero-order chi connectivity index (χ0) is 16.3. The Morgan fingerprint density at radius 2 is 1.64 bits per heavy atom. The maximum atomic E-state index is 12.4. The van der Waals surface area contributed by atoms with Gasteiger partial charge in [-0.15, -0.1) is 0 Å². The fraction of sp³-hybridized carbons (Fsp3) is 0.188. The Hall–Kier alpha value is -2.34. The normalized spacial score (nSPS) is 12.5. The van der Waals surface area contributed by atoms with Crippen molar-refractivity contribution < 1.29 is 9.13 Å². The molecule has 0 bridgehead atoms. The molecule has 5 nitrogen and oxygen atoms in total. The molecule has 0 amide bonds. The molecule has 0 aliphatic carbocycles. The Morgan fingerprint density at radius 1 is 1.09 bits per heavy atom. The number of benzene rings is 2. The molecule has 0 unspecified atom stereocenters. The summed E-state index contributed by atoms with van der Waals surface area (Å²) < 4.78 is 16.4. The Morgan fingerprint density at radius 3 is 2.14 bits per heavy atom. The van der Waals surface area contributed by atoms with Gasteiger partial charge in [-0.3, -0.25) is 10.1 Å². The highest BCUT2D eigenvalue weighted by Gasteiger charge is 2.10. The van der Waals surface area contributed by atoms with Crippen molar-refractivity contribution in [3.8, 4) is 0 Å². The van der Waals surface area contributed by atoms with E-state index in [0.717, 1.165) is 16.7 Å². The standard InChI is InChI=1S/C16H16N2O3S/c1-11-8-12(2)16(13(3)9-11)22(21)17-10-14-4-6-15(7-5-14)18(19)20/h4-10H,1-3H3/b17-10+/t22-/m0/s1. The molecule has 0 aliphatic heterocycles. The molecule has 0 heterocycles. The SMILES string of the molecule is Cc1cc(C)c([S@](=O)/N=C/c2ccc([N+](=O)[O-])cc2)c(C)c1. The van der Waals surface area contributed by atoms with Gasteiger partial charge < -0.3 is 0 Å². The van der Waals surface area contributed by atoms with Crippen molar-refractivity contribution in [3.63, 3.8) is 0 Å². The molecule has 0 aliphatic rings. The van der Waals surface area contributed by atoms with Gasteiger partial charge in [0.2, 0.25) is 0 Å². The molecule has 0 spiro atoms. The average Bonchev–Trinajstić information content (AvgIpc) is 2.44. The summed E-state index contributed by atoms with van der Waals surface area (Å²) in [7, 11) is -1.49. The summed E-state index contributed by atoms with van der Waals surface area (Å²) >= 11 is 0. The van der Waals surface area contributed by atoms with Crippen LogP contribution in [0.4, 0.5) is 5.69 Å². The first kappa shape index (κ1) is 16.0. The second kappa shape index (κ2) is 6.62. The average molecular weight is 316 g/mol. The molecule has 1 atom stereocenters. The van der Waals surface area contributed by atoms with Crippen LogP contribution in [0.5, 0.6) is 0 Å². The lowest BCUT2D eigenvalue weighted by molar-refractivity contribution is -0.384. The summed E-state index contributed by atoms with van der Waals surface area (Å²) in [4.78, 5) is 10.8. The Balaban J connectivity index is 2.23. The first-order chi connectivity index (χ1) is 10.4. The van der Waals surface area contributed by atoms with Gasteiger partial charge in [0, 0.05) is 18.3 Å². The first-order valence-electron chi connectivity index (χ1n) is 6.67. The van der Waals surface area contributed by atoms with E-state index in [1.807, 2.05) is 32.9 Å². The summed E-state index contributed by atoms with van der Waals surface area (Å²) in [6.45, 7) is 5.82.